The molecule has 18 heavy (non-hydrogen) atoms. The Hall–Kier alpha value is -2.17. The van der Waals surface area contributed by atoms with Crippen LogP contribution in [-0.2, 0) is 0 Å². The van der Waals surface area contributed by atoms with Gasteiger partial charge in [-0.1, -0.05) is 6.07 Å². The van der Waals surface area contributed by atoms with Crippen molar-refractivity contribution in [1.82, 2.24) is 15.0 Å². The second-order valence-electron chi connectivity index (χ2n) is 4.44. The van der Waals surface area contributed by atoms with Crippen molar-refractivity contribution in [2.24, 2.45) is 0 Å². The van der Waals surface area contributed by atoms with Gasteiger partial charge < -0.3 is 5.32 Å². The predicted molar refractivity (Wildman–Crippen MR) is 71.6 cm³/mol. The first-order valence-corrected chi connectivity index (χ1v) is 5.86. The van der Waals surface area contributed by atoms with Crippen molar-refractivity contribution in [2.45, 2.75) is 26.8 Å². The van der Waals surface area contributed by atoms with Crippen LogP contribution in [0.3, 0.4) is 0 Å². The van der Waals surface area contributed by atoms with Crippen molar-refractivity contribution in [1.29, 1.82) is 0 Å². The predicted octanol–water partition coefficient (Wildman–Crippen LogP) is 1.96. The SMILES string of the molecule is Cc1cccc(-c2cnc(NC(C)C)[nH]c2=O)n1. The summed E-state index contributed by atoms with van der Waals surface area (Å²) in [6.45, 7) is 5.85. The van der Waals surface area contributed by atoms with Crippen LogP contribution in [0.2, 0.25) is 0 Å². The Bertz CT molecular complexity index is 604. The van der Waals surface area contributed by atoms with Crippen molar-refractivity contribution in [3.63, 3.8) is 0 Å². The number of hydrogen-bond acceptors (Lipinski definition) is 4. The highest BCUT2D eigenvalue weighted by Gasteiger charge is 2.07. The summed E-state index contributed by atoms with van der Waals surface area (Å²) in [4.78, 5) is 23.2. The maximum Gasteiger partial charge on any atom is 0.261 e. The molecular formula is C13H16N4O. The Morgan fingerprint density at radius 2 is 2.11 bits per heavy atom. The molecule has 0 saturated carbocycles. The highest BCUT2D eigenvalue weighted by Crippen LogP contribution is 2.12. The van der Waals surface area contributed by atoms with E-state index in [-0.39, 0.29) is 11.6 Å². The second-order valence-corrected chi connectivity index (χ2v) is 4.44. The number of aryl methyl sites for hydroxylation is 1. The third kappa shape index (κ3) is 2.74. The van der Waals surface area contributed by atoms with E-state index >= 15 is 0 Å². The number of nitrogens with one attached hydrogen (secondary N) is 2. The monoisotopic (exact) mass is 244 g/mol. The summed E-state index contributed by atoms with van der Waals surface area (Å²) in [5.41, 5.74) is 1.80. The van der Waals surface area contributed by atoms with Crippen LogP contribution in [0, 0.1) is 6.92 Å². The number of H-pyrrole nitrogens is 1. The van der Waals surface area contributed by atoms with Gasteiger partial charge in [0.15, 0.2) is 0 Å². The van der Waals surface area contributed by atoms with E-state index in [1.165, 1.54) is 0 Å². The molecule has 0 atom stereocenters. The fourth-order valence-electron chi connectivity index (χ4n) is 1.62. The second kappa shape index (κ2) is 5.00. The maximum absolute atomic E-state index is 12.0. The molecule has 0 aliphatic carbocycles. The van der Waals surface area contributed by atoms with Gasteiger partial charge in [0, 0.05) is 17.9 Å². The number of nitrogens with zero attached hydrogens (tertiary/aromatic N) is 2. The van der Waals surface area contributed by atoms with E-state index in [9.17, 15) is 4.79 Å². The zero-order valence-corrected chi connectivity index (χ0v) is 10.7. The number of rotatable bonds is 3. The van der Waals surface area contributed by atoms with Crippen molar-refractivity contribution >= 4 is 5.95 Å². The minimum atomic E-state index is -0.189. The summed E-state index contributed by atoms with van der Waals surface area (Å²) in [6.07, 6.45) is 1.55. The van der Waals surface area contributed by atoms with Crippen LogP contribution in [0.4, 0.5) is 5.95 Å². The van der Waals surface area contributed by atoms with Gasteiger partial charge in [0.25, 0.3) is 5.56 Å². The molecule has 0 aliphatic heterocycles. The van der Waals surface area contributed by atoms with E-state index < -0.39 is 0 Å². The molecule has 2 aromatic rings. The molecule has 2 aromatic heterocycles. The third-order valence-corrected chi connectivity index (χ3v) is 2.39. The van der Waals surface area contributed by atoms with Gasteiger partial charge in [0.2, 0.25) is 5.95 Å². The average Bonchev–Trinajstić information content (AvgIpc) is 2.28. The average molecular weight is 244 g/mol. The van der Waals surface area contributed by atoms with E-state index in [2.05, 4.69) is 20.3 Å². The third-order valence-electron chi connectivity index (χ3n) is 2.39. The van der Waals surface area contributed by atoms with Gasteiger partial charge in [-0.25, -0.2) is 4.98 Å². The molecule has 5 nitrogen and oxygen atoms in total. The van der Waals surface area contributed by atoms with Gasteiger partial charge in [-0.2, -0.15) is 0 Å². The van der Waals surface area contributed by atoms with Crippen LogP contribution in [0.15, 0.2) is 29.2 Å². The van der Waals surface area contributed by atoms with Crippen LogP contribution in [-0.4, -0.2) is 21.0 Å². The van der Waals surface area contributed by atoms with Crippen LogP contribution in [0.5, 0.6) is 0 Å². The van der Waals surface area contributed by atoms with Gasteiger partial charge in [-0.15, -0.1) is 0 Å². The lowest BCUT2D eigenvalue weighted by atomic mass is 10.2. The Balaban J connectivity index is 2.39. The van der Waals surface area contributed by atoms with Crippen LogP contribution >= 0.6 is 0 Å². The normalized spacial score (nSPS) is 10.7. The van der Waals surface area contributed by atoms with Crippen molar-refractivity contribution in [3.05, 3.63) is 40.4 Å². The highest BCUT2D eigenvalue weighted by molar-refractivity contribution is 5.57. The van der Waals surface area contributed by atoms with Gasteiger partial charge >= 0.3 is 0 Å². The maximum atomic E-state index is 12.0. The fourth-order valence-corrected chi connectivity index (χ4v) is 1.62. The lowest BCUT2D eigenvalue weighted by Gasteiger charge is -2.08. The zero-order valence-electron chi connectivity index (χ0n) is 10.7. The zero-order chi connectivity index (χ0) is 13.1. The summed E-state index contributed by atoms with van der Waals surface area (Å²) in [7, 11) is 0. The molecule has 0 spiro atoms. The minimum absolute atomic E-state index is 0.189. The van der Waals surface area contributed by atoms with Gasteiger partial charge in [-0.3, -0.25) is 14.8 Å². The van der Waals surface area contributed by atoms with E-state index in [0.29, 0.717) is 17.2 Å². The van der Waals surface area contributed by atoms with E-state index in [1.54, 1.807) is 12.3 Å². The first kappa shape index (κ1) is 12.3. The Labute approximate surface area is 105 Å². The standard InChI is InChI=1S/C13H16N4O/c1-8(2)15-13-14-7-10(12(18)17-13)11-6-4-5-9(3)16-11/h4-8H,1-3H3,(H2,14,15,17,18). The molecule has 2 rings (SSSR count). The summed E-state index contributed by atoms with van der Waals surface area (Å²) >= 11 is 0. The lowest BCUT2D eigenvalue weighted by molar-refractivity contribution is 0.871. The molecule has 2 heterocycles. The molecule has 0 aliphatic rings. The number of anilines is 1. The van der Waals surface area contributed by atoms with Crippen molar-refractivity contribution in [3.8, 4) is 11.3 Å². The van der Waals surface area contributed by atoms with Crippen LogP contribution in [0.1, 0.15) is 19.5 Å². The smallest absolute Gasteiger partial charge is 0.261 e. The number of aromatic amines is 1. The summed E-state index contributed by atoms with van der Waals surface area (Å²) in [5, 5.41) is 3.05. The molecule has 0 bridgehead atoms. The molecule has 2 N–H and O–H groups in total. The first-order chi connectivity index (χ1) is 8.56. The Morgan fingerprint density at radius 1 is 1.33 bits per heavy atom. The molecule has 0 aromatic carbocycles. The largest absolute Gasteiger partial charge is 0.354 e. The first-order valence-electron chi connectivity index (χ1n) is 5.86. The van der Waals surface area contributed by atoms with Gasteiger partial charge in [-0.05, 0) is 32.9 Å². The number of hydrogen-bond donors (Lipinski definition) is 2. The highest BCUT2D eigenvalue weighted by atomic mass is 16.1. The van der Waals surface area contributed by atoms with E-state index in [0.717, 1.165) is 5.69 Å². The number of pyridine rings is 1. The summed E-state index contributed by atoms with van der Waals surface area (Å²) in [5.74, 6) is 0.478. The molecule has 0 fully saturated rings. The molecule has 5 heteroatoms. The minimum Gasteiger partial charge on any atom is -0.354 e. The lowest BCUT2D eigenvalue weighted by Crippen LogP contribution is -2.18. The molecule has 0 unspecified atom stereocenters. The van der Waals surface area contributed by atoms with E-state index in [4.69, 9.17) is 0 Å². The molecule has 0 radical (unpaired) electrons. The van der Waals surface area contributed by atoms with Crippen molar-refractivity contribution < 1.29 is 0 Å². The molecular weight excluding hydrogens is 228 g/mol. The van der Waals surface area contributed by atoms with Crippen LogP contribution in [0.25, 0.3) is 11.3 Å². The van der Waals surface area contributed by atoms with Crippen LogP contribution < -0.4 is 10.9 Å². The topological polar surface area (TPSA) is 70.7 Å². The van der Waals surface area contributed by atoms with Crippen molar-refractivity contribution in [2.75, 3.05) is 5.32 Å². The van der Waals surface area contributed by atoms with E-state index in [1.807, 2.05) is 32.9 Å². The summed E-state index contributed by atoms with van der Waals surface area (Å²) in [6, 6.07) is 5.78. The fraction of sp³-hybridized carbons (Fsp3) is 0.308. The molecule has 0 amide bonds. The Morgan fingerprint density at radius 3 is 2.72 bits per heavy atom. The molecule has 94 valence electrons. The number of aromatic nitrogens is 3. The Kier molecular flexibility index (Phi) is 3.41. The quantitative estimate of drug-likeness (QED) is 0.865. The molecule has 0 saturated heterocycles. The van der Waals surface area contributed by atoms with Gasteiger partial charge in [0.1, 0.15) is 0 Å². The summed E-state index contributed by atoms with van der Waals surface area (Å²) < 4.78 is 0. The van der Waals surface area contributed by atoms with Gasteiger partial charge in [0.05, 0.1) is 11.3 Å².